The summed E-state index contributed by atoms with van der Waals surface area (Å²) in [4.78, 5) is 39.7. The lowest BCUT2D eigenvalue weighted by molar-refractivity contribution is -0.142. The van der Waals surface area contributed by atoms with Gasteiger partial charge in [-0.15, -0.1) is 0 Å². The molecule has 1 N–H and O–H groups in total. The standard InChI is InChI=1S/C21H21BrN2O3/c1-9-6-16(10(2)5-15(9)22)23-17(25)8-24-20(26)18-11-3-4-12(14-7-13(11)14)19(18)21(24)27/h3-6,11-14,18-19H,7-8H2,1-2H3,(H,23,25)/t11-,12-,13-,14+,18-,19+/m0/s1. The number of allylic oxidation sites excluding steroid dienone is 2. The molecule has 1 aromatic rings. The number of amides is 3. The monoisotopic (exact) mass is 428 g/mol. The molecule has 140 valence electrons. The van der Waals surface area contributed by atoms with Crippen LogP contribution in [0, 0.1) is 49.4 Å². The number of benzene rings is 1. The molecule has 2 saturated carbocycles. The molecule has 4 aliphatic carbocycles. The Morgan fingerprint density at radius 3 is 2.26 bits per heavy atom. The molecule has 27 heavy (non-hydrogen) atoms. The van der Waals surface area contributed by atoms with Crippen LogP contribution in [-0.4, -0.2) is 29.2 Å². The van der Waals surface area contributed by atoms with Crippen molar-refractivity contribution in [2.45, 2.75) is 20.3 Å². The minimum Gasteiger partial charge on any atom is -0.324 e. The number of nitrogens with zero attached hydrogens (tertiary/aromatic N) is 1. The quantitative estimate of drug-likeness (QED) is 0.594. The first-order valence-electron chi connectivity index (χ1n) is 9.47. The van der Waals surface area contributed by atoms with Gasteiger partial charge in [0.15, 0.2) is 0 Å². The van der Waals surface area contributed by atoms with Crippen molar-refractivity contribution in [2.75, 3.05) is 11.9 Å². The predicted molar refractivity (Wildman–Crippen MR) is 104 cm³/mol. The Bertz CT molecular complexity index is 888. The summed E-state index contributed by atoms with van der Waals surface area (Å²) in [7, 11) is 0. The molecule has 5 nitrogen and oxygen atoms in total. The third-order valence-electron chi connectivity index (χ3n) is 6.84. The number of imide groups is 1. The molecule has 3 fully saturated rings. The molecule has 5 aliphatic rings. The van der Waals surface area contributed by atoms with Crippen LogP contribution in [0.25, 0.3) is 0 Å². The van der Waals surface area contributed by atoms with Crippen molar-refractivity contribution in [3.8, 4) is 0 Å². The lowest BCUT2D eigenvalue weighted by atomic mass is 9.63. The van der Waals surface area contributed by atoms with E-state index in [0.717, 1.165) is 22.0 Å². The second kappa shape index (κ2) is 5.77. The lowest BCUT2D eigenvalue weighted by Gasteiger charge is -2.37. The van der Waals surface area contributed by atoms with Crippen LogP contribution in [-0.2, 0) is 14.4 Å². The lowest BCUT2D eigenvalue weighted by Crippen LogP contribution is -2.40. The summed E-state index contributed by atoms with van der Waals surface area (Å²) in [6, 6.07) is 3.84. The van der Waals surface area contributed by atoms with Crippen molar-refractivity contribution in [3.63, 3.8) is 0 Å². The minimum atomic E-state index is -0.328. The Morgan fingerprint density at radius 1 is 1.07 bits per heavy atom. The molecular formula is C21H21BrN2O3. The van der Waals surface area contributed by atoms with Gasteiger partial charge in [0, 0.05) is 10.2 Å². The predicted octanol–water partition coefficient (Wildman–Crippen LogP) is 3.06. The van der Waals surface area contributed by atoms with E-state index in [1.165, 1.54) is 4.90 Å². The van der Waals surface area contributed by atoms with Crippen molar-refractivity contribution in [3.05, 3.63) is 39.9 Å². The average molecular weight is 429 g/mol. The maximum Gasteiger partial charge on any atom is 0.244 e. The first kappa shape index (κ1) is 17.2. The number of likely N-dealkylation sites (tertiary alicyclic amines) is 1. The van der Waals surface area contributed by atoms with Gasteiger partial charge in [0.2, 0.25) is 17.7 Å². The van der Waals surface area contributed by atoms with Gasteiger partial charge in [-0.1, -0.05) is 28.1 Å². The Morgan fingerprint density at radius 2 is 1.67 bits per heavy atom. The average Bonchev–Trinajstić information content (AvgIpc) is 3.41. The summed E-state index contributed by atoms with van der Waals surface area (Å²) in [5.41, 5.74) is 2.65. The van der Waals surface area contributed by atoms with Gasteiger partial charge in [0.25, 0.3) is 0 Å². The van der Waals surface area contributed by atoms with Crippen molar-refractivity contribution in [2.24, 2.45) is 35.5 Å². The second-order valence-electron chi connectivity index (χ2n) is 8.38. The molecule has 6 atom stereocenters. The van der Waals surface area contributed by atoms with Gasteiger partial charge in [-0.3, -0.25) is 19.3 Å². The number of hydrogen-bond donors (Lipinski definition) is 1. The van der Waals surface area contributed by atoms with Crippen LogP contribution in [0.1, 0.15) is 17.5 Å². The van der Waals surface area contributed by atoms with E-state index in [2.05, 4.69) is 33.4 Å². The molecule has 2 bridgehead atoms. The molecule has 0 spiro atoms. The van der Waals surface area contributed by atoms with Crippen LogP contribution < -0.4 is 5.32 Å². The normalized spacial score (nSPS) is 35.3. The van der Waals surface area contributed by atoms with E-state index in [4.69, 9.17) is 0 Å². The van der Waals surface area contributed by atoms with E-state index in [1.54, 1.807) is 0 Å². The fraction of sp³-hybridized carbons (Fsp3) is 0.476. The molecular weight excluding hydrogens is 408 g/mol. The van der Waals surface area contributed by atoms with E-state index in [9.17, 15) is 14.4 Å². The topological polar surface area (TPSA) is 66.5 Å². The highest BCUT2D eigenvalue weighted by atomic mass is 79.9. The van der Waals surface area contributed by atoms with Crippen LogP contribution in [0.4, 0.5) is 5.69 Å². The highest BCUT2D eigenvalue weighted by Crippen LogP contribution is 2.65. The molecule has 0 radical (unpaired) electrons. The number of hydrogen-bond acceptors (Lipinski definition) is 3. The molecule has 1 heterocycles. The van der Waals surface area contributed by atoms with Gasteiger partial charge in [-0.25, -0.2) is 0 Å². The SMILES string of the molecule is Cc1cc(NC(=O)CN2C(=O)[C@@H]3[C@H]4C=C[C@@H]([C@@H]5C[C@H]45)[C@@H]3C2=O)c(C)cc1Br. The number of carbonyl (C=O) groups is 3. The third kappa shape index (κ3) is 2.45. The van der Waals surface area contributed by atoms with E-state index in [0.29, 0.717) is 17.5 Å². The van der Waals surface area contributed by atoms with E-state index in [-0.39, 0.29) is 47.9 Å². The summed E-state index contributed by atoms with van der Waals surface area (Å²) >= 11 is 3.48. The van der Waals surface area contributed by atoms with Crippen LogP contribution >= 0.6 is 15.9 Å². The molecule has 6 heteroatoms. The van der Waals surface area contributed by atoms with E-state index >= 15 is 0 Å². The van der Waals surface area contributed by atoms with Gasteiger partial charge in [-0.2, -0.15) is 0 Å². The summed E-state index contributed by atoms with van der Waals surface area (Å²) in [6.07, 6.45) is 5.42. The van der Waals surface area contributed by atoms with Crippen LogP contribution in [0.15, 0.2) is 28.8 Å². The molecule has 3 amide bonds. The summed E-state index contributed by atoms with van der Waals surface area (Å²) in [5.74, 6) is 0.367. The minimum absolute atomic E-state index is 0.159. The van der Waals surface area contributed by atoms with Gasteiger partial charge < -0.3 is 5.32 Å². The van der Waals surface area contributed by atoms with Crippen molar-refractivity contribution >= 4 is 39.3 Å². The number of nitrogens with one attached hydrogen (secondary N) is 1. The summed E-state index contributed by atoms with van der Waals surface area (Å²) < 4.78 is 0.980. The zero-order valence-corrected chi connectivity index (χ0v) is 16.8. The first-order chi connectivity index (χ1) is 12.9. The zero-order valence-electron chi connectivity index (χ0n) is 15.2. The number of anilines is 1. The maximum absolute atomic E-state index is 12.9. The Balaban J connectivity index is 1.33. The van der Waals surface area contributed by atoms with Crippen LogP contribution in [0.2, 0.25) is 0 Å². The highest BCUT2D eigenvalue weighted by molar-refractivity contribution is 9.10. The third-order valence-corrected chi connectivity index (χ3v) is 7.69. The molecule has 1 aromatic carbocycles. The summed E-state index contributed by atoms with van der Waals surface area (Å²) in [5, 5.41) is 2.86. The number of aryl methyl sites for hydroxylation is 2. The van der Waals surface area contributed by atoms with Crippen LogP contribution in [0.5, 0.6) is 0 Å². The van der Waals surface area contributed by atoms with Gasteiger partial charge in [0.05, 0.1) is 11.8 Å². The highest BCUT2D eigenvalue weighted by Gasteiger charge is 2.67. The first-order valence-corrected chi connectivity index (χ1v) is 10.3. The largest absolute Gasteiger partial charge is 0.324 e. The number of carbonyl (C=O) groups excluding carboxylic acids is 3. The fourth-order valence-corrected chi connectivity index (χ4v) is 5.88. The molecule has 0 aromatic heterocycles. The van der Waals surface area contributed by atoms with Gasteiger partial charge in [0.1, 0.15) is 6.54 Å². The van der Waals surface area contributed by atoms with E-state index in [1.807, 2.05) is 26.0 Å². The van der Waals surface area contributed by atoms with Gasteiger partial charge >= 0.3 is 0 Å². The molecule has 1 aliphatic heterocycles. The van der Waals surface area contributed by atoms with Crippen LogP contribution in [0.3, 0.4) is 0 Å². The van der Waals surface area contributed by atoms with Crippen molar-refractivity contribution in [1.29, 1.82) is 0 Å². The number of halogens is 1. The molecule has 0 unspecified atom stereocenters. The summed E-state index contributed by atoms with van der Waals surface area (Å²) in [6.45, 7) is 3.66. The molecule has 6 rings (SSSR count). The fourth-order valence-electron chi connectivity index (χ4n) is 5.42. The van der Waals surface area contributed by atoms with Crippen molar-refractivity contribution in [1.82, 2.24) is 4.90 Å². The zero-order chi connectivity index (χ0) is 19.0. The van der Waals surface area contributed by atoms with Gasteiger partial charge in [-0.05, 0) is 67.2 Å². The Labute approximate surface area is 166 Å². The number of rotatable bonds is 3. The smallest absolute Gasteiger partial charge is 0.244 e. The Hall–Kier alpha value is -1.95. The Kier molecular flexibility index (Phi) is 3.67. The van der Waals surface area contributed by atoms with E-state index < -0.39 is 0 Å². The molecule has 1 saturated heterocycles. The van der Waals surface area contributed by atoms with Crippen molar-refractivity contribution < 1.29 is 14.4 Å². The maximum atomic E-state index is 12.9. The second-order valence-corrected chi connectivity index (χ2v) is 9.24.